The van der Waals surface area contributed by atoms with E-state index in [2.05, 4.69) is 39.5 Å². The molecule has 0 radical (unpaired) electrons. The number of amides is 3. The smallest absolute Gasteiger partial charge is 0.321 e. The molecular weight excluding hydrogens is 450 g/mol. The summed E-state index contributed by atoms with van der Waals surface area (Å²) >= 11 is 5.99. The molecule has 7 nitrogen and oxygen atoms in total. The minimum Gasteiger partial charge on any atom is -0.326 e. The quantitative estimate of drug-likeness (QED) is 0.640. The molecule has 2 aromatic rings. The lowest BCUT2D eigenvalue weighted by Gasteiger charge is -2.34. The van der Waals surface area contributed by atoms with Crippen molar-refractivity contribution in [3.8, 4) is 0 Å². The van der Waals surface area contributed by atoms with Gasteiger partial charge in [0.15, 0.2) is 0 Å². The molecule has 0 unspecified atom stereocenters. The maximum Gasteiger partial charge on any atom is 0.321 e. The maximum atomic E-state index is 12.7. The summed E-state index contributed by atoms with van der Waals surface area (Å²) in [6.45, 7) is 9.84. The predicted octanol–water partition coefficient (Wildman–Crippen LogP) is 4.36. The van der Waals surface area contributed by atoms with E-state index in [1.54, 1.807) is 17.0 Å². The lowest BCUT2D eigenvalue weighted by Crippen LogP contribution is -2.45. The third-order valence-corrected chi connectivity index (χ3v) is 7.00. The summed E-state index contributed by atoms with van der Waals surface area (Å²) in [4.78, 5) is 32.0. The van der Waals surface area contributed by atoms with Crippen molar-refractivity contribution in [1.82, 2.24) is 14.7 Å². The summed E-state index contributed by atoms with van der Waals surface area (Å²) in [6, 6.07) is 15.2. The first-order chi connectivity index (χ1) is 16.5. The SMILES string of the molecule is CCN1CCN(Cc2ccc(NC(=O)N3CCC(C(=O)Nc4cccc(Cl)c4)CC3)cc2)CC1. The van der Waals surface area contributed by atoms with Crippen LogP contribution in [0.1, 0.15) is 25.3 Å². The van der Waals surface area contributed by atoms with Crippen molar-refractivity contribution in [3.05, 3.63) is 59.1 Å². The van der Waals surface area contributed by atoms with E-state index < -0.39 is 0 Å². The second-order valence-electron chi connectivity index (χ2n) is 9.10. The van der Waals surface area contributed by atoms with Gasteiger partial charge in [-0.05, 0) is 55.3 Å². The van der Waals surface area contributed by atoms with Gasteiger partial charge in [0.1, 0.15) is 0 Å². The number of hydrogen-bond donors (Lipinski definition) is 2. The average molecular weight is 484 g/mol. The van der Waals surface area contributed by atoms with Crippen molar-refractivity contribution in [2.24, 2.45) is 5.92 Å². The highest BCUT2D eigenvalue weighted by Gasteiger charge is 2.27. The Morgan fingerprint density at radius 2 is 1.56 bits per heavy atom. The molecule has 0 aromatic heterocycles. The first kappa shape index (κ1) is 24.5. The van der Waals surface area contributed by atoms with E-state index in [1.807, 2.05) is 24.3 Å². The number of carbonyl (C=O) groups is 2. The highest BCUT2D eigenvalue weighted by Crippen LogP contribution is 2.22. The molecule has 34 heavy (non-hydrogen) atoms. The Bertz CT molecular complexity index is 967. The van der Waals surface area contributed by atoms with Gasteiger partial charge in [0.05, 0.1) is 0 Å². The van der Waals surface area contributed by atoms with Crippen LogP contribution in [0.3, 0.4) is 0 Å². The molecular formula is C26H34ClN5O2. The molecule has 0 spiro atoms. The van der Waals surface area contributed by atoms with Crippen molar-refractivity contribution in [2.75, 3.05) is 56.4 Å². The molecule has 182 valence electrons. The first-order valence-corrected chi connectivity index (χ1v) is 12.5. The van der Waals surface area contributed by atoms with Crippen molar-refractivity contribution in [3.63, 3.8) is 0 Å². The summed E-state index contributed by atoms with van der Waals surface area (Å²) in [7, 11) is 0. The van der Waals surface area contributed by atoms with Crippen molar-refractivity contribution in [2.45, 2.75) is 26.3 Å². The Labute approximate surface area is 207 Å². The molecule has 4 rings (SSSR count). The van der Waals surface area contributed by atoms with Crippen molar-refractivity contribution in [1.29, 1.82) is 0 Å². The molecule has 0 aliphatic carbocycles. The van der Waals surface area contributed by atoms with Gasteiger partial charge in [-0.3, -0.25) is 9.69 Å². The van der Waals surface area contributed by atoms with Crippen LogP contribution in [0.25, 0.3) is 0 Å². The number of carbonyl (C=O) groups excluding carboxylic acids is 2. The fraction of sp³-hybridized carbons (Fsp3) is 0.462. The number of benzene rings is 2. The van der Waals surface area contributed by atoms with Crippen LogP contribution in [0.15, 0.2) is 48.5 Å². The second-order valence-corrected chi connectivity index (χ2v) is 9.53. The summed E-state index contributed by atoms with van der Waals surface area (Å²) in [5.41, 5.74) is 2.75. The van der Waals surface area contributed by atoms with Gasteiger partial charge in [-0.1, -0.05) is 36.7 Å². The van der Waals surface area contributed by atoms with Crippen molar-refractivity contribution < 1.29 is 9.59 Å². The molecule has 0 atom stereocenters. The Morgan fingerprint density at radius 3 is 2.21 bits per heavy atom. The number of rotatable bonds is 6. The monoisotopic (exact) mass is 483 g/mol. The number of piperidine rings is 1. The van der Waals surface area contributed by atoms with Gasteiger partial charge in [-0.2, -0.15) is 0 Å². The van der Waals surface area contributed by atoms with E-state index in [-0.39, 0.29) is 17.9 Å². The lowest BCUT2D eigenvalue weighted by molar-refractivity contribution is -0.121. The van der Waals surface area contributed by atoms with E-state index in [0.717, 1.165) is 45.0 Å². The van der Waals surface area contributed by atoms with Crippen LogP contribution in [-0.2, 0) is 11.3 Å². The van der Waals surface area contributed by atoms with Crippen molar-refractivity contribution >= 4 is 34.9 Å². The Morgan fingerprint density at radius 1 is 0.882 bits per heavy atom. The van der Waals surface area contributed by atoms with Gasteiger partial charge in [0, 0.05) is 68.1 Å². The molecule has 0 bridgehead atoms. The highest BCUT2D eigenvalue weighted by atomic mass is 35.5. The predicted molar refractivity (Wildman–Crippen MR) is 137 cm³/mol. The van der Waals surface area contributed by atoms with Crippen LogP contribution < -0.4 is 10.6 Å². The highest BCUT2D eigenvalue weighted by molar-refractivity contribution is 6.30. The number of likely N-dealkylation sites (tertiary alicyclic amines) is 1. The van der Waals surface area contributed by atoms with Crippen LogP contribution in [0.2, 0.25) is 5.02 Å². The number of piperazine rings is 1. The summed E-state index contributed by atoms with van der Waals surface area (Å²) < 4.78 is 0. The molecule has 0 saturated carbocycles. The number of likely N-dealkylation sites (N-methyl/N-ethyl adjacent to an activating group) is 1. The van der Waals surface area contributed by atoms with Crippen LogP contribution in [0.5, 0.6) is 0 Å². The summed E-state index contributed by atoms with van der Waals surface area (Å²) in [5, 5.41) is 6.52. The average Bonchev–Trinajstić information content (AvgIpc) is 2.86. The zero-order valence-electron chi connectivity index (χ0n) is 19.8. The zero-order chi connectivity index (χ0) is 23.9. The largest absolute Gasteiger partial charge is 0.326 e. The van der Waals surface area contributed by atoms with Gasteiger partial charge in [0.25, 0.3) is 0 Å². The topological polar surface area (TPSA) is 67.9 Å². The second kappa shape index (κ2) is 11.7. The van der Waals surface area contributed by atoms with Gasteiger partial charge >= 0.3 is 6.03 Å². The Kier molecular flexibility index (Phi) is 8.43. The number of urea groups is 1. The zero-order valence-corrected chi connectivity index (χ0v) is 20.6. The van der Waals surface area contributed by atoms with E-state index in [1.165, 1.54) is 5.56 Å². The summed E-state index contributed by atoms with van der Waals surface area (Å²) in [5.74, 6) is -0.129. The number of anilines is 2. The number of hydrogen-bond acceptors (Lipinski definition) is 4. The Balaban J connectivity index is 1.20. The molecule has 2 heterocycles. The van der Waals surface area contributed by atoms with Gasteiger partial charge < -0.3 is 20.4 Å². The molecule has 2 saturated heterocycles. The molecule has 2 aromatic carbocycles. The summed E-state index contributed by atoms with van der Waals surface area (Å²) in [6.07, 6.45) is 1.29. The van der Waals surface area contributed by atoms with Crippen LogP contribution in [0, 0.1) is 5.92 Å². The van der Waals surface area contributed by atoms with Gasteiger partial charge in [0.2, 0.25) is 5.91 Å². The Hall–Kier alpha value is -2.61. The molecule has 2 aliphatic heterocycles. The number of nitrogens with one attached hydrogen (secondary N) is 2. The minimum absolute atomic E-state index is 0.0194. The first-order valence-electron chi connectivity index (χ1n) is 12.2. The van der Waals surface area contributed by atoms with E-state index in [0.29, 0.717) is 36.6 Å². The molecule has 3 amide bonds. The van der Waals surface area contributed by atoms with E-state index in [9.17, 15) is 9.59 Å². The third kappa shape index (κ3) is 6.72. The van der Waals surface area contributed by atoms with E-state index >= 15 is 0 Å². The molecule has 8 heteroatoms. The lowest BCUT2D eigenvalue weighted by atomic mass is 9.96. The standard InChI is InChI=1S/C26H34ClN5O2/c1-2-30-14-16-31(17-15-30)19-20-6-8-23(9-7-20)29-26(34)32-12-10-21(11-13-32)25(33)28-24-5-3-4-22(27)18-24/h3-9,18,21H,2,10-17,19H2,1H3,(H,28,33)(H,29,34). The van der Waals surface area contributed by atoms with Crippen LogP contribution in [0.4, 0.5) is 16.2 Å². The van der Waals surface area contributed by atoms with E-state index in [4.69, 9.17) is 11.6 Å². The maximum absolute atomic E-state index is 12.7. The normalized spacial score (nSPS) is 18.0. The number of halogens is 1. The number of nitrogens with zero attached hydrogens (tertiary/aromatic N) is 3. The minimum atomic E-state index is -0.114. The molecule has 2 fully saturated rings. The van der Waals surface area contributed by atoms with Gasteiger partial charge in [-0.25, -0.2) is 4.79 Å². The molecule has 2 aliphatic rings. The van der Waals surface area contributed by atoms with Gasteiger partial charge in [-0.15, -0.1) is 0 Å². The fourth-order valence-corrected chi connectivity index (χ4v) is 4.76. The van der Waals surface area contributed by atoms with Crippen LogP contribution in [-0.4, -0.2) is 72.5 Å². The molecule has 2 N–H and O–H groups in total. The van der Waals surface area contributed by atoms with Crippen LogP contribution >= 0.6 is 11.6 Å². The fourth-order valence-electron chi connectivity index (χ4n) is 4.57. The third-order valence-electron chi connectivity index (χ3n) is 6.77.